The molecule has 0 aromatic rings. The molecule has 0 aliphatic heterocycles. The Morgan fingerprint density at radius 2 is 1.44 bits per heavy atom. The summed E-state index contributed by atoms with van der Waals surface area (Å²) < 4.78 is 10.4. The normalized spacial score (nSPS) is 10.0. The molecule has 0 atom stereocenters. The highest BCUT2D eigenvalue weighted by Gasteiger charge is 1.85. The van der Waals surface area contributed by atoms with Crippen molar-refractivity contribution < 1.29 is 8.85 Å². The first-order valence-corrected chi connectivity index (χ1v) is 4.72. The lowest BCUT2D eigenvalue weighted by Gasteiger charge is -2.00. The van der Waals surface area contributed by atoms with Gasteiger partial charge in [0.1, 0.15) is 0 Å². The van der Waals surface area contributed by atoms with Gasteiger partial charge in [0.05, 0.1) is 0 Å². The second-order valence-electron chi connectivity index (χ2n) is 1.93. The third-order valence-electron chi connectivity index (χ3n) is 0.864. The number of hydrogen-bond acceptors (Lipinski definition) is 2. The first-order chi connectivity index (χ1) is 4.41. The van der Waals surface area contributed by atoms with Gasteiger partial charge in [-0.25, -0.2) is 0 Å². The molecule has 0 spiro atoms. The zero-order chi connectivity index (χ0) is 6.95. The molecule has 0 amide bonds. The fourth-order valence-corrected chi connectivity index (χ4v) is 1.40. The van der Waals surface area contributed by atoms with Crippen LogP contribution in [0.4, 0.5) is 0 Å². The largest absolute Gasteiger partial charge is 0.399 e. The highest BCUT2D eigenvalue weighted by atomic mass is 28.3. The lowest BCUT2D eigenvalue weighted by atomic mass is 10.5. The van der Waals surface area contributed by atoms with E-state index in [4.69, 9.17) is 8.85 Å². The standard InChI is InChI=1S/C6H16O2Si/c1-3-5-7-9-8-6-4-2/h3-6,9H2,1-2H3. The molecule has 56 valence electrons. The number of hydrogen-bond donors (Lipinski definition) is 0. The van der Waals surface area contributed by atoms with E-state index in [2.05, 4.69) is 13.8 Å². The SMILES string of the molecule is CCCO[SiH2]OCCC. The van der Waals surface area contributed by atoms with Crippen LogP contribution >= 0.6 is 0 Å². The van der Waals surface area contributed by atoms with Gasteiger partial charge in [-0.1, -0.05) is 13.8 Å². The zero-order valence-electron chi connectivity index (χ0n) is 6.35. The van der Waals surface area contributed by atoms with E-state index in [1.165, 1.54) is 0 Å². The van der Waals surface area contributed by atoms with Crippen LogP contribution in [0.2, 0.25) is 0 Å². The van der Waals surface area contributed by atoms with E-state index in [0.717, 1.165) is 26.1 Å². The molecule has 0 heterocycles. The average Bonchev–Trinajstić information content (AvgIpc) is 1.89. The van der Waals surface area contributed by atoms with Crippen molar-refractivity contribution in [2.24, 2.45) is 0 Å². The minimum atomic E-state index is -0.611. The highest BCUT2D eigenvalue weighted by molar-refractivity contribution is 6.17. The quantitative estimate of drug-likeness (QED) is 0.410. The van der Waals surface area contributed by atoms with E-state index in [1.54, 1.807) is 0 Å². The van der Waals surface area contributed by atoms with E-state index >= 15 is 0 Å². The molecule has 0 saturated carbocycles. The Morgan fingerprint density at radius 3 is 1.78 bits per heavy atom. The van der Waals surface area contributed by atoms with Crippen molar-refractivity contribution in [1.82, 2.24) is 0 Å². The Bertz CT molecular complexity index is 44.3. The fourth-order valence-electron chi connectivity index (χ4n) is 0.465. The summed E-state index contributed by atoms with van der Waals surface area (Å²) in [5.74, 6) is 0. The van der Waals surface area contributed by atoms with Gasteiger partial charge in [0, 0.05) is 13.2 Å². The second kappa shape index (κ2) is 8.14. The van der Waals surface area contributed by atoms with Crippen molar-refractivity contribution in [3.05, 3.63) is 0 Å². The number of rotatable bonds is 6. The third kappa shape index (κ3) is 8.14. The summed E-state index contributed by atoms with van der Waals surface area (Å²) in [5.41, 5.74) is 0. The first kappa shape index (κ1) is 9.14. The van der Waals surface area contributed by atoms with Crippen LogP contribution in [0, 0.1) is 0 Å². The molecular weight excluding hydrogens is 132 g/mol. The molecule has 0 rings (SSSR count). The summed E-state index contributed by atoms with van der Waals surface area (Å²) in [5, 5.41) is 0. The minimum absolute atomic E-state index is 0.611. The van der Waals surface area contributed by atoms with E-state index in [1.807, 2.05) is 0 Å². The lowest BCUT2D eigenvalue weighted by molar-refractivity contribution is 0.222. The predicted octanol–water partition coefficient (Wildman–Crippen LogP) is 0.838. The highest BCUT2D eigenvalue weighted by Crippen LogP contribution is 1.81. The Balaban J connectivity index is 2.60. The Kier molecular flexibility index (Phi) is 8.26. The summed E-state index contributed by atoms with van der Waals surface area (Å²) in [6, 6.07) is 0. The molecule has 0 aromatic heterocycles. The fraction of sp³-hybridized carbons (Fsp3) is 1.00. The Hall–Kier alpha value is 0.137. The lowest BCUT2D eigenvalue weighted by Crippen LogP contribution is -2.05. The minimum Gasteiger partial charge on any atom is -0.399 e. The molecule has 0 bridgehead atoms. The molecule has 0 unspecified atom stereocenters. The maximum Gasteiger partial charge on any atom is 0.304 e. The van der Waals surface area contributed by atoms with Crippen molar-refractivity contribution in [2.75, 3.05) is 13.2 Å². The van der Waals surface area contributed by atoms with Gasteiger partial charge in [0.15, 0.2) is 0 Å². The van der Waals surface area contributed by atoms with Crippen LogP contribution in [0.1, 0.15) is 26.7 Å². The van der Waals surface area contributed by atoms with Gasteiger partial charge in [-0.15, -0.1) is 0 Å². The van der Waals surface area contributed by atoms with E-state index < -0.39 is 10.0 Å². The molecule has 0 fully saturated rings. The van der Waals surface area contributed by atoms with Crippen LogP contribution in [0.5, 0.6) is 0 Å². The molecule has 0 saturated heterocycles. The van der Waals surface area contributed by atoms with E-state index in [0.29, 0.717) is 0 Å². The first-order valence-electron chi connectivity index (χ1n) is 3.57. The predicted molar refractivity (Wildman–Crippen MR) is 41.0 cm³/mol. The monoisotopic (exact) mass is 148 g/mol. The third-order valence-corrected chi connectivity index (χ3v) is 1.77. The molecule has 0 N–H and O–H groups in total. The van der Waals surface area contributed by atoms with Crippen LogP contribution in [0.25, 0.3) is 0 Å². The van der Waals surface area contributed by atoms with Crippen LogP contribution < -0.4 is 0 Å². The smallest absolute Gasteiger partial charge is 0.304 e. The maximum absolute atomic E-state index is 5.20. The van der Waals surface area contributed by atoms with Gasteiger partial charge in [-0.2, -0.15) is 0 Å². The molecule has 0 aliphatic carbocycles. The maximum atomic E-state index is 5.20. The van der Waals surface area contributed by atoms with Crippen LogP contribution in [0.3, 0.4) is 0 Å². The Labute approximate surface area is 59.6 Å². The van der Waals surface area contributed by atoms with Gasteiger partial charge in [0.25, 0.3) is 0 Å². The summed E-state index contributed by atoms with van der Waals surface area (Å²) in [4.78, 5) is 0. The Morgan fingerprint density at radius 1 is 1.00 bits per heavy atom. The van der Waals surface area contributed by atoms with Gasteiger partial charge < -0.3 is 8.85 Å². The molecule has 0 aliphatic rings. The van der Waals surface area contributed by atoms with Crippen molar-refractivity contribution >= 4 is 10.0 Å². The summed E-state index contributed by atoms with van der Waals surface area (Å²) in [6.07, 6.45) is 2.20. The molecule has 0 aromatic carbocycles. The van der Waals surface area contributed by atoms with Gasteiger partial charge in [-0.3, -0.25) is 0 Å². The molecule has 0 radical (unpaired) electrons. The van der Waals surface area contributed by atoms with Crippen molar-refractivity contribution in [1.29, 1.82) is 0 Å². The molecular formula is C6H16O2Si. The topological polar surface area (TPSA) is 18.5 Å². The summed E-state index contributed by atoms with van der Waals surface area (Å²) in [6.45, 7) is 5.95. The van der Waals surface area contributed by atoms with Crippen molar-refractivity contribution in [3.63, 3.8) is 0 Å². The summed E-state index contributed by atoms with van der Waals surface area (Å²) in [7, 11) is -0.611. The second-order valence-corrected chi connectivity index (χ2v) is 2.99. The van der Waals surface area contributed by atoms with Crippen molar-refractivity contribution in [2.45, 2.75) is 26.7 Å². The van der Waals surface area contributed by atoms with Crippen molar-refractivity contribution in [3.8, 4) is 0 Å². The van der Waals surface area contributed by atoms with Gasteiger partial charge >= 0.3 is 10.0 Å². The average molecular weight is 148 g/mol. The zero-order valence-corrected chi connectivity index (χ0v) is 7.77. The van der Waals surface area contributed by atoms with Gasteiger partial charge in [-0.05, 0) is 12.8 Å². The van der Waals surface area contributed by atoms with Crippen LogP contribution in [-0.2, 0) is 8.85 Å². The van der Waals surface area contributed by atoms with Crippen LogP contribution in [0.15, 0.2) is 0 Å². The molecule has 3 heteroatoms. The van der Waals surface area contributed by atoms with Crippen LogP contribution in [-0.4, -0.2) is 23.2 Å². The van der Waals surface area contributed by atoms with Gasteiger partial charge in [0.2, 0.25) is 0 Å². The summed E-state index contributed by atoms with van der Waals surface area (Å²) >= 11 is 0. The van der Waals surface area contributed by atoms with E-state index in [-0.39, 0.29) is 0 Å². The molecule has 2 nitrogen and oxygen atoms in total. The molecule has 9 heavy (non-hydrogen) atoms. The van der Waals surface area contributed by atoms with E-state index in [9.17, 15) is 0 Å².